The van der Waals surface area contributed by atoms with E-state index in [4.69, 9.17) is 4.42 Å². The van der Waals surface area contributed by atoms with E-state index in [9.17, 15) is 24.4 Å². The first kappa shape index (κ1) is 18.0. The summed E-state index contributed by atoms with van der Waals surface area (Å²) in [7, 11) is 0. The number of hydrogen-bond donors (Lipinski definition) is 2. The number of fused-ring (bicyclic) bond motifs is 1. The average molecular weight is 372 g/mol. The zero-order valence-corrected chi connectivity index (χ0v) is 14.9. The van der Waals surface area contributed by atoms with Gasteiger partial charge in [0.05, 0.1) is 12.2 Å². The summed E-state index contributed by atoms with van der Waals surface area (Å²) in [6, 6.07) is 9.29. The Hall–Kier alpha value is -2.77. The maximum atomic E-state index is 13.0. The van der Waals surface area contributed by atoms with E-state index in [0.717, 1.165) is 0 Å². The number of aliphatic carboxylic acids is 1. The highest BCUT2D eigenvalue weighted by Gasteiger charge is 2.27. The Morgan fingerprint density at radius 1 is 1.19 bits per heavy atom. The van der Waals surface area contributed by atoms with Gasteiger partial charge in [0, 0.05) is 16.5 Å². The van der Waals surface area contributed by atoms with Crippen molar-refractivity contribution in [2.24, 2.45) is 0 Å². The molecule has 6 nitrogen and oxygen atoms in total. The second-order valence-electron chi connectivity index (χ2n) is 5.90. The predicted octanol–water partition coefficient (Wildman–Crippen LogP) is 3.29. The van der Waals surface area contributed by atoms with Gasteiger partial charge < -0.3 is 19.2 Å². The molecule has 2 unspecified atom stereocenters. The Labute approximate surface area is 152 Å². The summed E-state index contributed by atoms with van der Waals surface area (Å²) >= 11 is -1.17. The number of carbonyl (C=O) groups is 2. The SMILES string of the molecule is CC(C(=O)O)c1cc2ccoc2c(C(=O)c2ccc([S+](C)[O-])cc2)c1O. The summed E-state index contributed by atoms with van der Waals surface area (Å²) in [5, 5.41) is 20.4. The Morgan fingerprint density at radius 3 is 2.42 bits per heavy atom. The summed E-state index contributed by atoms with van der Waals surface area (Å²) in [6.07, 6.45) is 2.91. The molecule has 1 aromatic heterocycles. The van der Waals surface area contributed by atoms with Gasteiger partial charge in [0.1, 0.15) is 23.2 Å². The molecule has 0 aliphatic heterocycles. The highest BCUT2D eigenvalue weighted by molar-refractivity contribution is 7.90. The van der Waals surface area contributed by atoms with Gasteiger partial charge in [0.15, 0.2) is 4.90 Å². The molecule has 7 heteroatoms. The van der Waals surface area contributed by atoms with Crippen molar-refractivity contribution in [3.05, 3.63) is 59.4 Å². The second kappa shape index (κ2) is 6.86. The second-order valence-corrected chi connectivity index (χ2v) is 7.28. The smallest absolute Gasteiger partial charge is 0.310 e. The number of phenolic OH excluding ortho intramolecular Hbond substituents is 1. The summed E-state index contributed by atoms with van der Waals surface area (Å²) in [5.74, 6) is -3.02. The highest BCUT2D eigenvalue weighted by Crippen LogP contribution is 2.37. The van der Waals surface area contributed by atoms with Gasteiger partial charge in [-0.3, -0.25) is 9.59 Å². The van der Waals surface area contributed by atoms with Gasteiger partial charge in [-0.05, 0) is 54.5 Å². The molecule has 0 saturated heterocycles. The van der Waals surface area contributed by atoms with E-state index in [1.54, 1.807) is 18.2 Å². The number of aromatic hydroxyl groups is 1. The van der Waals surface area contributed by atoms with Crippen LogP contribution in [-0.4, -0.2) is 32.8 Å². The van der Waals surface area contributed by atoms with Crippen LogP contribution in [0.25, 0.3) is 11.0 Å². The van der Waals surface area contributed by atoms with Gasteiger partial charge in [-0.15, -0.1) is 0 Å². The number of carboxylic acid groups (broad SMARTS) is 1. The van der Waals surface area contributed by atoms with Crippen molar-refractivity contribution in [1.29, 1.82) is 0 Å². The first-order valence-corrected chi connectivity index (χ1v) is 9.31. The number of ketones is 1. The van der Waals surface area contributed by atoms with E-state index in [0.29, 0.717) is 10.3 Å². The molecule has 0 saturated carbocycles. The van der Waals surface area contributed by atoms with E-state index in [-0.39, 0.29) is 22.3 Å². The molecule has 0 amide bonds. The molecule has 0 fully saturated rings. The Morgan fingerprint density at radius 2 is 1.85 bits per heavy atom. The lowest BCUT2D eigenvalue weighted by Crippen LogP contribution is -2.10. The molecule has 0 spiro atoms. The number of phenols is 1. The fourth-order valence-electron chi connectivity index (χ4n) is 2.74. The minimum absolute atomic E-state index is 0.0824. The van der Waals surface area contributed by atoms with Crippen LogP contribution in [0, 0.1) is 0 Å². The molecule has 2 N–H and O–H groups in total. The molecule has 26 heavy (non-hydrogen) atoms. The van der Waals surface area contributed by atoms with Gasteiger partial charge >= 0.3 is 5.97 Å². The van der Waals surface area contributed by atoms with Gasteiger partial charge in [-0.1, -0.05) is 0 Å². The lowest BCUT2D eigenvalue weighted by molar-refractivity contribution is -0.138. The molecular formula is C19H16O6S. The predicted molar refractivity (Wildman–Crippen MR) is 96.1 cm³/mol. The van der Waals surface area contributed by atoms with Gasteiger partial charge in [-0.25, -0.2) is 0 Å². The summed E-state index contributed by atoms with van der Waals surface area (Å²) in [6.45, 7) is 1.43. The minimum atomic E-state index is -1.17. The van der Waals surface area contributed by atoms with Gasteiger partial charge in [-0.2, -0.15) is 0 Å². The van der Waals surface area contributed by atoms with Gasteiger partial charge in [0.25, 0.3) is 0 Å². The van der Waals surface area contributed by atoms with Crippen molar-refractivity contribution < 1.29 is 28.8 Å². The molecular weight excluding hydrogens is 356 g/mol. The number of carboxylic acids is 1. The van der Waals surface area contributed by atoms with E-state index in [2.05, 4.69) is 0 Å². The topological polar surface area (TPSA) is 111 Å². The largest absolute Gasteiger partial charge is 0.612 e. The minimum Gasteiger partial charge on any atom is -0.612 e. The molecule has 0 bridgehead atoms. The summed E-state index contributed by atoms with van der Waals surface area (Å²) < 4.78 is 16.8. The van der Waals surface area contributed by atoms with E-state index in [1.165, 1.54) is 37.6 Å². The quantitative estimate of drug-likeness (QED) is 0.525. The third kappa shape index (κ3) is 3.07. The van der Waals surface area contributed by atoms with Crippen LogP contribution in [0.4, 0.5) is 0 Å². The number of hydrogen-bond acceptors (Lipinski definition) is 5. The first-order valence-electron chi connectivity index (χ1n) is 7.75. The fourth-order valence-corrected chi connectivity index (χ4v) is 3.26. The third-order valence-electron chi connectivity index (χ3n) is 4.26. The molecule has 2 atom stereocenters. The molecule has 3 rings (SSSR count). The van der Waals surface area contributed by atoms with Crippen LogP contribution >= 0.6 is 0 Å². The van der Waals surface area contributed by atoms with Crippen LogP contribution < -0.4 is 0 Å². The van der Waals surface area contributed by atoms with Crippen molar-refractivity contribution >= 4 is 33.9 Å². The molecule has 0 aliphatic carbocycles. The Bertz CT molecular complexity index is 987. The maximum Gasteiger partial charge on any atom is 0.310 e. The summed E-state index contributed by atoms with van der Waals surface area (Å²) in [4.78, 5) is 24.9. The monoisotopic (exact) mass is 372 g/mol. The van der Waals surface area contributed by atoms with Crippen LogP contribution in [0.15, 0.2) is 52.0 Å². The average Bonchev–Trinajstić information content (AvgIpc) is 3.08. The fraction of sp³-hybridized carbons (Fsp3) is 0.158. The molecule has 0 aliphatic rings. The van der Waals surface area contributed by atoms with E-state index < -0.39 is 34.6 Å². The molecule has 2 aromatic carbocycles. The van der Waals surface area contributed by atoms with E-state index >= 15 is 0 Å². The lowest BCUT2D eigenvalue weighted by atomic mass is 9.92. The first-order chi connectivity index (χ1) is 12.3. The Kier molecular flexibility index (Phi) is 4.76. The molecule has 1 heterocycles. The van der Waals surface area contributed by atoms with Gasteiger partial charge in [0.2, 0.25) is 5.78 Å². The lowest BCUT2D eigenvalue weighted by Gasteiger charge is -2.13. The highest BCUT2D eigenvalue weighted by atomic mass is 32.2. The number of benzene rings is 2. The van der Waals surface area contributed by atoms with E-state index in [1.807, 2.05) is 0 Å². The van der Waals surface area contributed by atoms with Crippen LogP contribution in [0.3, 0.4) is 0 Å². The normalized spacial score (nSPS) is 13.5. The van der Waals surface area contributed by atoms with Crippen molar-refractivity contribution in [1.82, 2.24) is 0 Å². The van der Waals surface area contributed by atoms with Crippen molar-refractivity contribution in [3.8, 4) is 5.75 Å². The summed E-state index contributed by atoms with van der Waals surface area (Å²) in [5.41, 5.74) is 0.520. The maximum absolute atomic E-state index is 13.0. The van der Waals surface area contributed by atoms with Crippen molar-refractivity contribution in [2.45, 2.75) is 17.7 Å². The molecule has 3 aromatic rings. The van der Waals surface area contributed by atoms with Crippen LogP contribution in [0.2, 0.25) is 0 Å². The van der Waals surface area contributed by atoms with Crippen LogP contribution in [0.5, 0.6) is 5.75 Å². The number of furan rings is 1. The van der Waals surface area contributed by atoms with Crippen LogP contribution in [-0.2, 0) is 16.0 Å². The zero-order valence-electron chi connectivity index (χ0n) is 14.1. The zero-order chi connectivity index (χ0) is 19.0. The van der Waals surface area contributed by atoms with Crippen molar-refractivity contribution in [3.63, 3.8) is 0 Å². The molecule has 134 valence electrons. The third-order valence-corrected chi connectivity index (χ3v) is 5.19. The van der Waals surface area contributed by atoms with Crippen LogP contribution in [0.1, 0.15) is 34.3 Å². The van der Waals surface area contributed by atoms with Crippen molar-refractivity contribution in [2.75, 3.05) is 6.26 Å². The standard InChI is InChI=1S/C19H16O6S/c1-10(19(22)23)14-9-12-7-8-25-18(12)15(17(14)21)16(20)11-3-5-13(6-4-11)26(2)24/h3-10,21H,1-2H3,(H,22,23). The molecule has 0 radical (unpaired) electrons. The number of rotatable bonds is 5. The number of carbonyl (C=O) groups excluding carboxylic acids is 1. The Balaban J connectivity index is 2.16.